The van der Waals surface area contributed by atoms with E-state index in [-0.39, 0.29) is 0 Å². The Morgan fingerprint density at radius 1 is 0.912 bits per heavy atom. The molecule has 1 fully saturated rings. The second kappa shape index (κ2) is 7.16. The summed E-state index contributed by atoms with van der Waals surface area (Å²) in [5.41, 5.74) is 8.63. The van der Waals surface area contributed by atoms with E-state index in [9.17, 15) is 0 Å². The molecule has 0 amide bonds. The quantitative estimate of drug-likeness (QED) is 0.382. The maximum Gasteiger partial charge on any atom is 0.155 e. The van der Waals surface area contributed by atoms with Crippen LogP contribution in [0.4, 0.5) is 5.82 Å². The number of pyridine rings is 1. The van der Waals surface area contributed by atoms with Crippen LogP contribution in [0.15, 0.2) is 60.9 Å². The van der Waals surface area contributed by atoms with E-state index in [1.807, 2.05) is 12.4 Å². The van der Waals surface area contributed by atoms with Crippen molar-refractivity contribution in [2.45, 2.75) is 32.6 Å². The summed E-state index contributed by atoms with van der Waals surface area (Å²) >= 11 is 0. The molecular formula is C28H28N6. The van der Waals surface area contributed by atoms with Crippen LogP contribution in [0.2, 0.25) is 0 Å². The Morgan fingerprint density at radius 2 is 1.76 bits per heavy atom. The number of aromatic nitrogens is 5. The highest BCUT2D eigenvalue weighted by atomic mass is 15.3. The standard InChI is InChI=1S/C28H28N6/c1-19-26(25-16-20-6-3-4-8-23(20)32(25)2)34-24(9-13-30-34)27(31-19)33-14-10-28(11-15-33)17-21-7-5-12-29-22(21)18-28/h3-9,12-13,16H,10-11,14-15,17-18H2,1-2H3. The fourth-order valence-corrected chi connectivity index (χ4v) is 6.28. The average molecular weight is 449 g/mol. The lowest BCUT2D eigenvalue weighted by atomic mass is 9.76. The van der Waals surface area contributed by atoms with Crippen molar-refractivity contribution in [3.05, 3.63) is 77.9 Å². The fourth-order valence-electron chi connectivity index (χ4n) is 6.28. The van der Waals surface area contributed by atoms with Crippen molar-refractivity contribution in [2.75, 3.05) is 18.0 Å². The molecule has 0 atom stereocenters. The molecule has 1 spiro atoms. The Balaban J connectivity index is 1.24. The third-order valence-electron chi connectivity index (χ3n) is 8.11. The van der Waals surface area contributed by atoms with Crippen LogP contribution in [-0.2, 0) is 19.9 Å². The van der Waals surface area contributed by atoms with Gasteiger partial charge in [0.15, 0.2) is 5.82 Å². The van der Waals surface area contributed by atoms with Crippen LogP contribution < -0.4 is 4.90 Å². The summed E-state index contributed by atoms with van der Waals surface area (Å²) in [7, 11) is 2.12. The minimum absolute atomic E-state index is 0.363. The molecule has 0 N–H and O–H groups in total. The molecule has 1 aliphatic heterocycles. The van der Waals surface area contributed by atoms with E-state index in [0.717, 1.165) is 47.9 Å². The summed E-state index contributed by atoms with van der Waals surface area (Å²) in [5, 5.41) is 5.98. The summed E-state index contributed by atoms with van der Waals surface area (Å²) in [6.45, 7) is 4.16. The van der Waals surface area contributed by atoms with E-state index in [2.05, 4.69) is 81.5 Å². The zero-order valence-electron chi connectivity index (χ0n) is 19.7. The lowest BCUT2D eigenvalue weighted by Crippen LogP contribution is -2.41. The van der Waals surface area contributed by atoms with Gasteiger partial charge in [-0.1, -0.05) is 24.3 Å². The van der Waals surface area contributed by atoms with Gasteiger partial charge in [-0.05, 0) is 67.9 Å². The van der Waals surface area contributed by atoms with Gasteiger partial charge in [0, 0.05) is 42.9 Å². The van der Waals surface area contributed by atoms with Gasteiger partial charge in [-0.2, -0.15) is 5.10 Å². The number of fused-ring (bicyclic) bond motifs is 3. The van der Waals surface area contributed by atoms with Crippen LogP contribution in [-0.4, -0.2) is 37.2 Å². The molecule has 2 aliphatic rings. The number of nitrogens with zero attached hydrogens (tertiary/aromatic N) is 6. The second-order valence-corrected chi connectivity index (χ2v) is 10.1. The van der Waals surface area contributed by atoms with Crippen LogP contribution >= 0.6 is 0 Å². The number of piperidine rings is 1. The van der Waals surface area contributed by atoms with Crippen molar-refractivity contribution in [2.24, 2.45) is 12.5 Å². The molecule has 0 saturated carbocycles. The number of rotatable bonds is 2. The van der Waals surface area contributed by atoms with E-state index >= 15 is 0 Å². The van der Waals surface area contributed by atoms with Crippen LogP contribution in [0, 0.1) is 12.3 Å². The van der Waals surface area contributed by atoms with E-state index < -0.39 is 0 Å². The first-order chi connectivity index (χ1) is 16.6. The van der Waals surface area contributed by atoms with Crippen molar-refractivity contribution in [3.8, 4) is 11.4 Å². The van der Waals surface area contributed by atoms with Crippen LogP contribution in [0.1, 0.15) is 29.8 Å². The first-order valence-corrected chi connectivity index (χ1v) is 12.2. The predicted octanol–water partition coefficient (Wildman–Crippen LogP) is 4.98. The van der Waals surface area contributed by atoms with Gasteiger partial charge in [0.1, 0.15) is 11.2 Å². The monoisotopic (exact) mass is 448 g/mol. The Kier molecular flexibility index (Phi) is 4.16. The Hall–Kier alpha value is -3.67. The largest absolute Gasteiger partial charge is 0.355 e. The first kappa shape index (κ1) is 19.8. The Labute approximate surface area is 198 Å². The molecule has 0 bridgehead atoms. The molecule has 1 aliphatic carbocycles. The SMILES string of the molecule is Cc1nc(N2CCC3(CC2)Cc2cccnc2C3)c2ccnn2c1-c1cc2ccccc2n1C. The average Bonchev–Trinajstić information content (AvgIpc) is 3.55. The van der Waals surface area contributed by atoms with Crippen molar-refractivity contribution >= 4 is 22.2 Å². The zero-order chi connectivity index (χ0) is 22.9. The van der Waals surface area contributed by atoms with Gasteiger partial charge in [0.25, 0.3) is 0 Å². The highest BCUT2D eigenvalue weighted by molar-refractivity contribution is 5.87. The van der Waals surface area contributed by atoms with Crippen LogP contribution in [0.25, 0.3) is 27.8 Å². The van der Waals surface area contributed by atoms with Gasteiger partial charge in [-0.3, -0.25) is 4.98 Å². The van der Waals surface area contributed by atoms with Gasteiger partial charge >= 0.3 is 0 Å². The maximum atomic E-state index is 5.18. The lowest BCUT2D eigenvalue weighted by molar-refractivity contribution is 0.231. The first-order valence-electron chi connectivity index (χ1n) is 12.2. The van der Waals surface area contributed by atoms with E-state index in [1.165, 1.54) is 41.4 Å². The summed E-state index contributed by atoms with van der Waals surface area (Å²) in [4.78, 5) is 12.3. The molecule has 1 aromatic carbocycles. The van der Waals surface area contributed by atoms with E-state index in [4.69, 9.17) is 10.1 Å². The summed E-state index contributed by atoms with van der Waals surface area (Å²) in [5.74, 6) is 1.06. The van der Waals surface area contributed by atoms with Gasteiger partial charge < -0.3 is 9.47 Å². The Bertz CT molecular complexity index is 1520. The molecule has 5 aromatic rings. The fraction of sp³-hybridized carbons (Fsp3) is 0.321. The van der Waals surface area contributed by atoms with Crippen molar-refractivity contribution < 1.29 is 0 Å². The number of hydrogen-bond acceptors (Lipinski definition) is 4. The minimum atomic E-state index is 0.363. The topological polar surface area (TPSA) is 51.3 Å². The van der Waals surface area contributed by atoms with Crippen LogP contribution in [0.3, 0.4) is 0 Å². The third kappa shape index (κ3) is 2.84. The van der Waals surface area contributed by atoms with Gasteiger partial charge in [-0.25, -0.2) is 9.50 Å². The molecule has 6 heteroatoms. The highest BCUT2D eigenvalue weighted by Crippen LogP contribution is 2.45. The Morgan fingerprint density at radius 3 is 2.59 bits per heavy atom. The lowest BCUT2D eigenvalue weighted by Gasteiger charge is -2.40. The van der Waals surface area contributed by atoms with Crippen molar-refractivity contribution in [1.82, 2.24) is 24.1 Å². The number of para-hydroxylation sites is 1. The smallest absolute Gasteiger partial charge is 0.155 e. The molecule has 1 saturated heterocycles. The van der Waals surface area contributed by atoms with Crippen molar-refractivity contribution in [1.29, 1.82) is 0 Å². The summed E-state index contributed by atoms with van der Waals surface area (Å²) < 4.78 is 4.34. The molecule has 7 rings (SSSR count). The van der Waals surface area contributed by atoms with E-state index in [1.54, 1.807) is 0 Å². The van der Waals surface area contributed by atoms with Gasteiger partial charge in [-0.15, -0.1) is 0 Å². The maximum absolute atomic E-state index is 5.18. The van der Waals surface area contributed by atoms with Gasteiger partial charge in [0.2, 0.25) is 0 Å². The molecule has 6 nitrogen and oxygen atoms in total. The highest BCUT2D eigenvalue weighted by Gasteiger charge is 2.41. The summed E-state index contributed by atoms with van der Waals surface area (Å²) in [6.07, 6.45) is 8.47. The van der Waals surface area contributed by atoms with Crippen LogP contribution in [0.5, 0.6) is 0 Å². The summed E-state index contributed by atoms with van der Waals surface area (Å²) in [6, 6.07) is 17.2. The molecular weight excluding hydrogens is 420 g/mol. The zero-order valence-corrected chi connectivity index (χ0v) is 19.7. The molecule has 34 heavy (non-hydrogen) atoms. The van der Waals surface area contributed by atoms with Gasteiger partial charge in [0.05, 0.1) is 17.6 Å². The van der Waals surface area contributed by atoms with Crippen molar-refractivity contribution in [3.63, 3.8) is 0 Å². The molecule has 170 valence electrons. The number of hydrogen-bond donors (Lipinski definition) is 0. The number of aryl methyl sites for hydroxylation is 2. The number of benzene rings is 1. The molecule has 5 heterocycles. The minimum Gasteiger partial charge on any atom is -0.355 e. The number of anilines is 1. The predicted molar refractivity (Wildman–Crippen MR) is 135 cm³/mol. The van der Waals surface area contributed by atoms with E-state index in [0.29, 0.717) is 5.41 Å². The normalized spacial score (nSPS) is 17.2. The molecule has 0 radical (unpaired) electrons. The molecule has 4 aromatic heterocycles. The second-order valence-electron chi connectivity index (χ2n) is 10.1. The molecule has 0 unspecified atom stereocenters. The third-order valence-corrected chi connectivity index (χ3v) is 8.11.